The Kier molecular flexibility index (Phi) is 6.17. The molecule has 35 heavy (non-hydrogen) atoms. The maximum Gasteiger partial charge on any atom is 0.318 e. The van der Waals surface area contributed by atoms with Gasteiger partial charge in [0.25, 0.3) is 0 Å². The number of carbonyl (C=O) groups excluding carboxylic acids is 1. The molecule has 3 fully saturated rings. The van der Waals surface area contributed by atoms with E-state index in [1.54, 1.807) is 0 Å². The topological polar surface area (TPSA) is 44.8 Å². The standard InChI is InChI=1S/C30H33N3O2/c34-30(31-28-20-32-17-14-24(28)15-18-32)33-19-16-23-8-4-5-9-27(23)29(33)25-10-12-26(13-11-25)35-21-22-6-2-1-3-7-22/h1-13,24,28-29H,14-21H2,(H,31,34)/t28-,29-/m1/s1. The molecule has 0 saturated carbocycles. The van der Waals surface area contributed by atoms with Gasteiger partial charge in [-0.1, -0.05) is 66.7 Å². The van der Waals surface area contributed by atoms with E-state index in [4.69, 9.17) is 4.74 Å². The smallest absolute Gasteiger partial charge is 0.318 e. The zero-order valence-corrected chi connectivity index (χ0v) is 20.1. The summed E-state index contributed by atoms with van der Waals surface area (Å²) in [6, 6.07) is 27.3. The molecular formula is C30H33N3O2. The molecule has 3 aromatic rings. The molecule has 2 bridgehead atoms. The maximum absolute atomic E-state index is 13.6. The number of amides is 2. The molecular weight excluding hydrogens is 434 g/mol. The predicted octanol–water partition coefficient (Wildman–Crippen LogP) is 5.02. The highest BCUT2D eigenvalue weighted by Gasteiger charge is 2.38. The van der Waals surface area contributed by atoms with Gasteiger partial charge in [0.1, 0.15) is 12.4 Å². The minimum absolute atomic E-state index is 0.0626. The molecule has 0 spiro atoms. The van der Waals surface area contributed by atoms with Crippen LogP contribution in [0.15, 0.2) is 78.9 Å². The van der Waals surface area contributed by atoms with E-state index in [2.05, 4.69) is 58.7 Å². The Morgan fingerprint density at radius 2 is 1.63 bits per heavy atom. The molecule has 4 aliphatic rings. The van der Waals surface area contributed by atoms with Crippen molar-refractivity contribution in [3.63, 3.8) is 0 Å². The van der Waals surface area contributed by atoms with Crippen molar-refractivity contribution < 1.29 is 9.53 Å². The monoisotopic (exact) mass is 467 g/mol. The molecule has 0 aromatic heterocycles. The van der Waals surface area contributed by atoms with E-state index in [-0.39, 0.29) is 18.1 Å². The predicted molar refractivity (Wildman–Crippen MR) is 137 cm³/mol. The lowest BCUT2D eigenvalue weighted by Gasteiger charge is -2.46. The average Bonchev–Trinajstić information content (AvgIpc) is 2.93. The van der Waals surface area contributed by atoms with Gasteiger partial charge < -0.3 is 19.9 Å². The van der Waals surface area contributed by atoms with Gasteiger partial charge in [-0.15, -0.1) is 0 Å². The summed E-state index contributed by atoms with van der Waals surface area (Å²) in [5.74, 6) is 1.45. The first kappa shape index (κ1) is 22.2. The molecule has 1 N–H and O–H groups in total. The first-order valence-electron chi connectivity index (χ1n) is 12.9. The second-order valence-corrected chi connectivity index (χ2v) is 10.1. The van der Waals surface area contributed by atoms with Gasteiger partial charge in [-0.05, 0) is 72.7 Å². The first-order chi connectivity index (χ1) is 17.2. The van der Waals surface area contributed by atoms with Gasteiger partial charge in [0.15, 0.2) is 0 Å². The first-order valence-corrected chi connectivity index (χ1v) is 12.9. The molecule has 2 atom stereocenters. The molecule has 0 radical (unpaired) electrons. The molecule has 0 unspecified atom stereocenters. The van der Waals surface area contributed by atoms with Crippen molar-refractivity contribution >= 4 is 6.03 Å². The van der Waals surface area contributed by atoms with Gasteiger partial charge in [-0.3, -0.25) is 0 Å². The van der Waals surface area contributed by atoms with E-state index in [0.717, 1.165) is 36.4 Å². The minimum atomic E-state index is -0.0933. The quantitative estimate of drug-likeness (QED) is 0.573. The molecule has 3 saturated heterocycles. The SMILES string of the molecule is O=C(N[C@@H]1CN2CCC1CC2)N1CCc2ccccc2[C@H]1c1ccc(OCc2ccccc2)cc1. The summed E-state index contributed by atoms with van der Waals surface area (Å²) in [7, 11) is 0. The molecule has 180 valence electrons. The van der Waals surface area contributed by atoms with Crippen molar-refractivity contribution in [3.8, 4) is 5.75 Å². The average molecular weight is 468 g/mol. The second-order valence-electron chi connectivity index (χ2n) is 10.1. The van der Waals surface area contributed by atoms with E-state index < -0.39 is 0 Å². The molecule has 5 nitrogen and oxygen atoms in total. The fourth-order valence-corrected chi connectivity index (χ4v) is 6.00. The molecule has 2 amide bonds. The number of ether oxygens (including phenoxy) is 1. The Hall–Kier alpha value is -3.31. The normalized spacial score (nSPS) is 25.1. The number of nitrogens with zero attached hydrogens (tertiary/aromatic N) is 2. The molecule has 3 aromatic carbocycles. The fraction of sp³-hybridized carbons (Fsp3) is 0.367. The number of nitrogens with one attached hydrogen (secondary N) is 1. The zero-order chi connectivity index (χ0) is 23.6. The Bertz CT molecular complexity index is 1160. The van der Waals surface area contributed by atoms with Crippen molar-refractivity contribution in [2.24, 2.45) is 5.92 Å². The number of urea groups is 1. The molecule has 7 rings (SSSR count). The summed E-state index contributed by atoms with van der Waals surface area (Å²) in [5, 5.41) is 3.42. The number of hydrogen-bond donors (Lipinski definition) is 1. The highest BCUT2D eigenvalue weighted by atomic mass is 16.5. The van der Waals surface area contributed by atoms with Gasteiger partial charge in [0.2, 0.25) is 0 Å². The Morgan fingerprint density at radius 3 is 2.37 bits per heavy atom. The van der Waals surface area contributed by atoms with Crippen LogP contribution in [0.5, 0.6) is 5.75 Å². The van der Waals surface area contributed by atoms with E-state index in [1.165, 1.54) is 37.1 Å². The van der Waals surface area contributed by atoms with Crippen LogP contribution in [0.3, 0.4) is 0 Å². The largest absolute Gasteiger partial charge is 0.489 e. The lowest BCUT2D eigenvalue weighted by atomic mass is 9.84. The van der Waals surface area contributed by atoms with Crippen molar-refractivity contribution in [2.75, 3.05) is 26.2 Å². The van der Waals surface area contributed by atoms with Crippen molar-refractivity contribution in [2.45, 2.75) is 38.0 Å². The van der Waals surface area contributed by atoms with E-state index in [9.17, 15) is 4.79 Å². The van der Waals surface area contributed by atoms with Crippen LogP contribution in [-0.2, 0) is 13.0 Å². The lowest BCUT2D eigenvalue weighted by molar-refractivity contribution is 0.0715. The highest BCUT2D eigenvalue weighted by molar-refractivity contribution is 5.76. The summed E-state index contributed by atoms with van der Waals surface area (Å²) in [6.07, 6.45) is 3.28. The van der Waals surface area contributed by atoms with Crippen LogP contribution >= 0.6 is 0 Å². The van der Waals surface area contributed by atoms with Gasteiger partial charge in [-0.25, -0.2) is 4.79 Å². The maximum atomic E-state index is 13.6. The molecule has 4 aliphatic heterocycles. The number of benzene rings is 3. The van der Waals surface area contributed by atoms with Gasteiger partial charge >= 0.3 is 6.03 Å². The Labute approximate surface area is 207 Å². The summed E-state index contributed by atoms with van der Waals surface area (Å²) in [4.78, 5) is 18.2. The second kappa shape index (κ2) is 9.74. The van der Waals surface area contributed by atoms with Crippen LogP contribution < -0.4 is 10.1 Å². The van der Waals surface area contributed by atoms with Crippen LogP contribution in [0.4, 0.5) is 4.79 Å². The highest BCUT2D eigenvalue weighted by Crippen LogP contribution is 2.36. The van der Waals surface area contributed by atoms with Crippen LogP contribution in [0.1, 0.15) is 41.1 Å². The van der Waals surface area contributed by atoms with Crippen molar-refractivity contribution in [1.29, 1.82) is 0 Å². The van der Waals surface area contributed by atoms with Gasteiger partial charge in [-0.2, -0.15) is 0 Å². The van der Waals surface area contributed by atoms with Gasteiger partial charge in [0.05, 0.1) is 6.04 Å². The van der Waals surface area contributed by atoms with Crippen LogP contribution in [0.25, 0.3) is 0 Å². The summed E-state index contributed by atoms with van der Waals surface area (Å²) in [6.45, 7) is 4.60. The summed E-state index contributed by atoms with van der Waals surface area (Å²) >= 11 is 0. The third kappa shape index (κ3) is 4.65. The third-order valence-electron chi connectivity index (χ3n) is 7.95. The van der Waals surface area contributed by atoms with E-state index >= 15 is 0 Å². The number of hydrogen-bond acceptors (Lipinski definition) is 3. The number of rotatable bonds is 5. The number of carbonyl (C=O) groups is 1. The molecule has 0 aliphatic carbocycles. The van der Waals surface area contributed by atoms with Crippen LogP contribution in [0.2, 0.25) is 0 Å². The Balaban J connectivity index is 1.22. The zero-order valence-electron chi connectivity index (χ0n) is 20.1. The third-order valence-corrected chi connectivity index (χ3v) is 7.95. The number of fused-ring (bicyclic) bond motifs is 4. The minimum Gasteiger partial charge on any atom is -0.489 e. The van der Waals surface area contributed by atoms with Crippen LogP contribution in [0, 0.1) is 5.92 Å². The van der Waals surface area contributed by atoms with Crippen molar-refractivity contribution in [3.05, 3.63) is 101 Å². The summed E-state index contributed by atoms with van der Waals surface area (Å²) in [5.41, 5.74) is 4.82. The van der Waals surface area contributed by atoms with E-state index in [0.29, 0.717) is 12.5 Å². The molecule has 5 heteroatoms. The fourth-order valence-electron chi connectivity index (χ4n) is 6.00. The van der Waals surface area contributed by atoms with Gasteiger partial charge in [0, 0.05) is 19.1 Å². The van der Waals surface area contributed by atoms with Crippen molar-refractivity contribution in [1.82, 2.24) is 15.1 Å². The summed E-state index contributed by atoms with van der Waals surface area (Å²) < 4.78 is 6.01. The molecule has 4 heterocycles. The number of piperidine rings is 3. The van der Waals surface area contributed by atoms with E-state index in [1.807, 2.05) is 35.2 Å². The van der Waals surface area contributed by atoms with Crippen LogP contribution in [-0.4, -0.2) is 48.1 Å². The Morgan fingerprint density at radius 1 is 0.886 bits per heavy atom. The lowest BCUT2D eigenvalue weighted by Crippen LogP contribution is -2.59.